The summed E-state index contributed by atoms with van der Waals surface area (Å²) in [4.78, 5) is 0. The van der Waals surface area contributed by atoms with Gasteiger partial charge in [-0.1, -0.05) is 0 Å². The maximum atomic E-state index is 12.7. The molecule has 0 saturated carbocycles. The lowest BCUT2D eigenvalue weighted by Gasteiger charge is -2.23. The minimum absolute atomic E-state index is 0.0266. The van der Waals surface area contributed by atoms with Crippen molar-refractivity contribution < 1.29 is 14.2 Å². The van der Waals surface area contributed by atoms with Gasteiger partial charge in [-0.2, -0.15) is 0 Å². The largest absolute Gasteiger partial charge is 0.393 e. The molecular formula is C7H13FO2. The van der Waals surface area contributed by atoms with E-state index in [4.69, 9.17) is 9.84 Å². The summed E-state index contributed by atoms with van der Waals surface area (Å²) in [5.41, 5.74) is 0. The van der Waals surface area contributed by atoms with E-state index in [0.29, 0.717) is 13.2 Å². The second kappa shape index (κ2) is 3.88. The summed E-state index contributed by atoms with van der Waals surface area (Å²) in [5.74, 6) is 0.0266. The molecule has 0 aromatic rings. The van der Waals surface area contributed by atoms with E-state index < -0.39 is 6.17 Å². The fourth-order valence-electron chi connectivity index (χ4n) is 1.23. The second-order valence-electron chi connectivity index (χ2n) is 2.65. The van der Waals surface area contributed by atoms with Gasteiger partial charge in [0.1, 0.15) is 6.17 Å². The van der Waals surface area contributed by atoms with Gasteiger partial charge in [-0.25, -0.2) is 4.39 Å². The van der Waals surface area contributed by atoms with Crippen LogP contribution in [0.4, 0.5) is 4.39 Å². The van der Waals surface area contributed by atoms with E-state index >= 15 is 0 Å². The van der Waals surface area contributed by atoms with Gasteiger partial charge in [0.2, 0.25) is 0 Å². The maximum absolute atomic E-state index is 12.7. The number of halogens is 1. The number of hydrogen-bond donors (Lipinski definition) is 1. The molecule has 60 valence electrons. The Kier molecular flexibility index (Phi) is 3.09. The molecule has 0 amide bonds. The van der Waals surface area contributed by atoms with Crippen LogP contribution < -0.4 is 0 Å². The number of hydrogen-bond acceptors (Lipinski definition) is 2. The molecule has 0 bridgehead atoms. The Morgan fingerprint density at radius 1 is 1.50 bits per heavy atom. The van der Waals surface area contributed by atoms with Crippen molar-refractivity contribution in [1.82, 2.24) is 0 Å². The Bertz CT molecular complexity index is 91.6. The lowest BCUT2D eigenvalue weighted by atomic mass is 9.95. The van der Waals surface area contributed by atoms with Crippen molar-refractivity contribution in [1.29, 1.82) is 0 Å². The summed E-state index contributed by atoms with van der Waals surface area (Å²) in [6, 6.07) is 0. The van der Waals surface area contributed by atoms with E-state index in [0.717, 1.165) is 12.8 Å². The molecule has 1 saturated heterocycles. The summed E-state index contributed by atoms with van der Waals surface area (Å²) >= 11 is 0. The first-order chi connectivity index (χ1) is 4.84. The summed E-state index contributed by atoms with van der Waals surface area (Å²) in [6.45, 7) is 0.945. The highest BCUT2D eigenvalue weighted by Gasteiger charge is 2.22. The highest BCUT2D eigenvalue weighted by atomic mass is 19.1. The predicted octanol–water partition coefficient (Wildman–Crippen LogP) is 0.743. The van der Waals surface area contributed by atoms with Crippen LogP contribution >= 0.6 is 0 Å². The second-order valence-corrected chi connectivity index (χ2v) is 2.65. The standard InChI is InChI=1S/C7H13FO2/c8-7(5-9)6-1-3-10-4-2-6/h6-7,9H,1-5H2/t7-/m0/s1. The van der Waals surface area contributed by atoms with Gasteiger partial charge in [0.15, 0.2) is 0 Å². The maximum Gasteiger partial charge on any atom is 0.126 e. The van der Waals surface area contributed by atoms with Gasteiger partial charge in [-0.15, -0.1) is 0 Å². The van der Waals surface area contributed by atoms with E-state index in [1.165, 1.54) is 0 Å². The Hall–Kier alpha value is -0.150. The quantitative estimate of drug-likeness (QED) is 0.626. The average Bonchev–Trinajstić information content (AvgIpc) is 2.05. The molecule has 2 nitrogen and oxygen atoms in total. The smallest absolute Gasteiger partial charge is 0.126 e. The molecule has 0 aromatic heterocycles. The van der Waals surface area contributed by atoms with Gasteiger partial charge in [0.05, 0.1) is 6.61 Å². The molecule has 1 heterocycles. The molecule has 0 aromatic carbocycles. The summed E-state index contributed by atoms with van der Waals surface area (Å²) in [6.07, 6.45) is 0.465. The molecule has 0 radical (unpaired) electrons. The van der Waals surface area contributed by atoms with Gasteiger partial charge < -0.3 is 9.84 Å². The van der Waals surface area contributed by atoms with Crippen molar-refractivity contribution in [2.24, 2.45) is 5.92 Å². The van der Waals surface area contributed by atoms with Crippen LogP contribution in [0.1, 0.15) is 12.8 Å². The first-order valence-corrected chi connectivity index (χ1v) is 3.67. The van der Waals surface area contributed by atoms with Crippen LogP contribution in [0, 0.1) is 5.92 Å². The molecule has 1 rings (SSSR count). The molecule has 0 aliphatic carbocycles. The SMILES string of the molecule is OC[C@H](F)C1CCOCC1. The van der Waals surface area contributed by atoms with E-state index in [-0.39, 0.29) is 12.5 Å². The molecule has 1 atom stereocenters. The van der Waals surface area contributed by atoms with Crippen LogP contribution in [0.25, 0.3) is 0 Å². The minimum atomic E-state index is -1.04. The third-order valence-electron chi connectivity index (χ3n) is 1.95. The van der Waals surface area contributed by atoms with Crippen molar-refractivity contribution in [3.63, 3.8) is 0 Å². The fraction of sp³-hybridized carbons (Fsp3) is 1.00. The van der Waals surface area contributed by atoms with Crippen LogP contribution in [-0.2, 0) is 4.74 Å². The van der Waals surface area contributed by atoms with E-state index in [1.807, 2.05) is 0 Å². The lowest BCUT2D eigenvalue weighted by Crippen LogP contribution is -2.26. The number of alkyl halides is 1. The van der Waals surface area contributed by atoms with Gasteiger partial charge >= 0.3 is 0 Å². The van der Waals surface area contributed by atoms with Crippen LogP contribution in [0.15, 0.2) is 0 Å². The van der Waals surface area contributed by atoms with Crippen molar-refractivity contribution in [3.8, 4) is 0 Å². The highest BCUT2D eigenvalue weighted by molar-refractivity contribution is 4.70. The normalized spacial score (nSPS) is 24.6. The number of aliphatic hydroxyl groups is 1. The van der Waals surface area contributed by atoms with Crippen molar-refractivity contribution in [2.45, 2.75) is 19.0 Å². The molecule has 0 spiro atoms. The molecule has 1 aliphatic rings. The zero-order valence-electron chi connectivity index (χ0n) is 5.92. The summed E-state index contributed by atoms with van der Waals surface area (Å²) in [7, 11) is 0. The van der Waals surface area contributed by atoms with Crippen molar-refractivity contribution in [2.75, 3.05) is 19.8 Å². The van der Waals surface area contributed by atoms with Crippen LogP contribution in [0.5, 0.6) is 0 Å². The van der Waals surface area contributed by atoms with Gasteiger partial charge in [-0.3, -0.25) is 0 Å². The third kappa shape index (κ3) is 1.92. The molecular weight excluding hydrogens is 135 g/mol. The fourth-order valence-corrected chi connectivity index (χ4v) is 1.23. The van der Waals surface area contributed by atoms with Crippen LogP contribution in [0.2, 0.25) is 0 Å². The zero-order valence-corrected chi connectivity index (χ0v) is 5.92. The van der Waals surface area contributed by atoms with Gasteiger partial charge in [0, 0.05) is 13.2 Å². The Morgan fingerprint density at radius 2 is 2.10 bits per heavy atom. The number of rotatable bonds is 2. The topological polar surface area (TPSA) is 29.5 Å². The van der Waals surface area contributed by atoms with Crippen LogP contribution in [-0.4, -0.2) is 31.1 Å². The first kappa shape index (κ1) is 7.95. The van der Waals surface area contributed by atoms with Gasteiger partial charge in [0.25, 0.3) is 0 Å². The Labute approximate surface area is 60.0 Å². The van der Waals surface area contributed by atoms with Crippen molar-refractivity contribution in [3.05, 3.63) is 0 Å². The lowest BCUT2D eigenvalue weighted by molar-refractivity contribution is 0.0207. The third-order valence-corrected chi connectivity index (χ3v) is 1.95. The molecule has 10 heavy (non-hydrogen) atoms. The van der Waals surface area contributed by atoms with Gasteiger partial charge in [-0.05, 0) is 18.8 Å². The number of ether oxygens (including phenoxy) is 1. The van der Waals surface area contributed by atoms with E-state index in [1.54, 1.807) is 0 Å². The molecule has 1 aliphatic heterocycles. The zero-order chi connectivity index (χ0) is 7.40. The molecule has 3 heteroatoms. The Morgan fingerprint density at radius 3 is 2.60 bits per heavy atom. The van der Waals surface area contributed by atoms with E-state index in [9.17, 15) is 4.39 Å². The Balaban J connectivity index is 2.24. The molecule has 1 N–H and O–H groups in total. The monoisotopic (exact) mass is 148 g/mol. The van der Waals surface area contributed by atoms with Crippen molar-refractivity contribution >= 4 is 0 Å². The van der Waals surface area contributed by atoms with Crippen LogP contribution in [0.3, 0.4) is 0 Å². The number of aliphatic hydroxyl groups excluding tert-OH is 1. The summed E-state index contributed by atoms with van der Waals surface area (Å²) in [5, 5.41) is 8.47. The average molecular weight is 148 g/mol. The minimum Gasteiger partial charge on any atom is -0.393 e. The first-order valence-electron chi connectivity index (χ1n) is 3.67. The summed E-state index contributed by atoms with van der Waals surface area (Å²) < 4.78 is 17.8. The predicted molar refractivity (Wildman–Crippen MR) is 35.5 cm³/mol. The van der Waals surface area contributed by atoms with E-state index in [2.05, 4.69) is 0 Å². The molecule has 0 unspecified atom stereocenters. The highest BCUT2D eigenvalue weighted by Crippen LogP contribution is 2.20. The molecule has 1 fully saturated rings.